The zero-order valence-electron chi connectivity index (χ0n) is 9.05. The molecule has 1 aromatic carbocycles. The molecule has 0 amide bonds. The van der Waals surface area contributed by atoms with Crippen LogP contribution in [0.1, 0.15) is 5.56 Å². The van der Waals surface area contributed by atoms with Crippen molar-refractivity contribution in [1.82, 2.24) is 4.57 Å². The number of hydrogen-bond acceptors (Lipinski definition) is 0. The molecule has 0 fully saturated rings. The van der Waals surface area contributed by atoms with Gasteiger partial charge in [0, 0.05) is 0 Å². The van der Waals surface area contributed by atoms with Crippen LogP contribution in [0.25, 0.3) is 0 Å². The summed E-state index contributed by atoms with van der Waals surface area (Å²) < 4.78 is 5.77. The molecule has 15 heavy (non-hydrogen) atoms. The van der Waals surface area contributed by atoms with E-state index in [2.05, 4.69) is 66.1 Å². The van der Waals surface area contributed by atoms with Gasteiger partial charge in [-0.15, -0.1) is 0 Å². The number of rotatable bonds is 3. The topological polar surface area (TPSA) is 8.81 Å². The Morgan fingerprint density at radius 2 is 2.00 bits per heavy atom. The predicted molar refractivity (Wildman–Crippen MR) is 62.2 cm³/mol. The van der Waals surface area contributed by atoms with E-state index in [1.807, 2.05) is 0 Å². The fourth-order valence-corrected chi connectivity index (χ4v) is 3.00. The molecule has 0 saturated carbocycles. The van der Waals surface area contributed by atoms with Gasteiger partial charge in [0.2, 0.25) is 0 Å². The van der Waals surface area contributed by atoms with Crippen LogP contribution in [0.3, 0.4) is 0 Å². The molecule has 1 aromatic heterocycles. The first kappa shape index (κ1) is 10.5. The standard InChI is InChI=1S/C12H15N2Se/c1-11-3-5-12(6-4-11)15-10-14-8-7-13(2)9-14/h3-9H,10H2,1-2H3/q+1. The summed E-state index contributed by atoms with van der Waals surface area (Å²) in [5.41, 5.74) is 2.44. The van der Waals surface area contributed by atoms with Gasteiger partial charge >= 0.3 is 96.5 Å². The van der Waals surface area contributed by atoms with Crippen LogP contribution in [0, 0.1) is 6.92 Å². The summed E-state index contributed by atoms with van der Waals surface area (Å²) in [6.45, 7) is 2.13. The Hall–Kier alpha value is -1.05. The number of aromatic nitrogens is 2. The first-order chi connectivity index (χ1) is 7.24. The summed E-state index contributed by atoms with van der Waals surface area (Å²) in [5.74, 6) is 0. The molecule has 0 N–H and O–H groups in total. The van der Waals surface area contributed by atoms with Gasteiger partial charge in [0.1, 0.15) is 0 Å². The van der Waals surface area contributed by atoms with Crippen LogP contribution < -0.4 is 9.03 Å². The molecule has 0 aliphatic carbocycles. The van der Waals surface area contributed by atoms with Gasteiger partial charge in [0.25, 0.3) is 0 Å². The van der Waals surface area contributed by atoms with Crippen molar-refractivity contribution in [3.8, 4) is 0 Å². The first-order valence-electron chi connectivity index (χ1n) is 4.94. The van der Waals surface area contributed by atoms with E-state index in [1.54, 1.807) is 0 Å². The molecule has 3 heteroatoms. The van der Waals surface area contributed by atoms with Gasteiger partial charge in [-0.1, -0.05) is 0 Å². The van der Waals surface area contributed by atoms with Gasteiger partial charge in [-0.05, 0) is 0 Å². The molecular formula is C12H15N2Se+. The second-order valence-electron chi connectivity index (χ2n) is 3.68. The van der Waals surface area contributed by atoms with Crippen LogP contribution in [0.2, 0.25) is 0 Å². The minimum atomic E-state index is 0.527. The molecular weight excluding hydrogens is 251 g/mol. The predicted octanol–water partition coefficient (Wildman–Crippen LogP) is 0.608. The Morgan fingerprint density at radius 1 is 1.27 bits per heavy atom. The van der Waals surface area contributed by atoms with E-state index < -0.39 is 0 Å². The summed E-state index contributed by atoms with van der Waals surface area (Å²) in [7, 11) is 2.05. The molecule has 0 atom stereocenters. The molecule has 0 aliphatic heterocycles. The van der Waals surface area contributed by atoms with E-state index in [0.717, 1.165) is 5.44 Å². The molecule has 0 aliphatic rings. The number of benzene rings is 1. The van der Waals surface area contributed by atoms with Gasteiger partial charge in [-0.3, -0.25) is 0 Å². The number of aryl methyl sites for hydroxylation is 2. The van der Waals surface area contributed by atoms with Crippen molar-refractivity contribution >= 4 is 19.4 Å². The van der Waals surface area contributed by atoms with Crippen LogP contribution in [-0.2, 0) is 12.5 Å². The zero-order valence-corrected chi connectivity index (χ0v) is 10.8. The fraction of sp³-hybridized carbons (Fsp3) is 0.250. The van der Waals surface area contributed by atoms with Crippen LogP contribution in [0.15, 0.2) is 43.0 Å². The van der Waals surface area contributed by atoms with Gasteiger partial charge < -0.3 is 0 Å². The van der Waals surface area contributed by atoms with E-state index in [1.165, 1.54) is 10.0 Å². The van der Waals surface area contributed by atoms with Crippen molar-refractivity contribution in [3.05, 3.63) is 48.5 Å². The summed E-state index contributed by atoms with van der Waals surface area (Å²) in [4.78, 5) is 0. The van der Waals surface area contributed by atoms with E-state index in [-0.39, 0.29) is 0 Å². The number of nitrogens with zero attached hydrogens (tertiary/aromatic N) is 2. The Bertz CT molecular complexity index is 431. The fourth-order valence-electron chi connectivity index (χ4n) is 1.36. The van der Waals surface area contributed by atoms with Crippen molar-refractivity contribution in [2.24, 2.45) is 7.05 Å². The van der Waals surface area contributed by atoms with Crippen LogP contribution in [0.4, 0.5) is 0 Å². The van der Waals surface area contributed by atoms with Crippen molar-refractivity contribution in [3.63, 3.8) is 0 Å². The molecule has 0 spiro atoms. The van der Waals surface area contributed by atoms with Gasteiger partial charge in [0.15, 0.2) is 0 Å². The monoisotopic (exact) mass is 267 g/mol. The molecule has 2 rings (SSSR count). The second-order valence-corrected chi connectivity index (χ2v) is 5.82. The van der Waals surface area contributed by atoms with Crippen molar-refractivity contribution in [1.29, 1.82) is 0 Å². The van der Waals surface area contributed by atoms with E-state index in [9.17, 15) is 0 Å². The van der Waals surface area contributed by atoms with Crippen LogP contribution in [-0.4, -0.2) is 19.5 Å². The molecule has 2 nitrogen and oxygen atoms in total. The van der Waals surface area contributed by atoms with Crippen LogP contribution in [0.5, 0.6) is 0 Å². The zero-order chi connectivity index (χ0) is 10.7. The molecule has 0 unspecified atom stereocenters. The molecule has 0 radical (unpaired) electrons. The van der Waals surface area contributed by atoms with E-state index >= 15 is 0 Å². The van der Waals surface area contributed by atoms with Gasteiger partial charge in [-0.2, -0.15) is 0 Å². The van der Waals surface area contributed by atoms with E-state index in [4.69, 9.17) is 0 Å². The van der Waals surface area contributed by atoms with Crippen molar-refractivity contribution < 1.29 is 4.57 Å². The molecule has 0 saturated heterocycles. The summed E-state index contributed by atoms with van der Waals surface area (Å²) in [6.07, 6.45) is 6.32. The quantitative estimate of drug-likeness (QED) is 0.568. The first-order valence-corrected chi connectivity index (χ1v) is 7.01. The number of hydrogen-bond donors (Lipinski definition) is 0. The second kappa shape index (κ2) is 4.65. The number of imidazole rings is 1. The third kappa shape index (κ3) is 2.95. The third-order valence-corrected chi connectivity index (χ3v) is 4.39. The maximum atomic E-state index is 2.24. The Kier molecular flexibility index (Phi) is 3.24. The summed E-state index contributed by atoms with van der Waals surface area (Å²) >= 11 is 0.527. The maximum absolute atomic E-state index is 2.24. The summed E-state index contributed by atoms with van der Waals surface area (Å²) in [6, 6.07) is 8.84. The third-order valence-electron chi connectivity index (χ3n) is 2.23. The Balaban J connectivity index is 1.96. The SMILES string of the molecule is Cc1ccc([Se]Cn2cc[n+](C)c2)cc1. The minimum absolute atomic E-state index is 0.527. The molecule has 0 bridgehead atoms. The molecule has 1 heterocycles. The van der Waals surface area contributed by atoms with Crippen molar-refractivity contribution in [2.45, 2.75) is 12.4 Å². The van der Waals surface area contributed by atoms with Crippen LogP contribution >= 0.6 is 0 Å². The Labute approximate surface area is 96.7 Å². The van der Waals surface area contributed by atoms with Crippen molar-refractivity contribution in [2.75, 3.05) is 0 Å². The molecule has 78 valence electrons. The summed E-state index contributed by atoms with van der Waals surface area (Å²) in [5, 5.41) is 0. The van der Waals surface area contributed by atoms with Gasteiger partial charge in [0.05, 0.1) is 0 Å². The normalized spacial score (nSPS) is 10.5. The van der Waals surface area contributed by atoms with Gasteiger partial charge in [-0.25, -0.2) is 0 Å². The Morgan fingerprint density at radius 3 is 2.60 bits per heavy atom. The average Bonchev–Trinajstić information content (AvgIpc) is 2.64. The molecule has 2 aromatic rings. The average molecular weight is 266 g/mol. The van der Waals surface area contributed by atoms with E-state index in [0.29, 0.717) is 15.0 Å².